The van der Waals surface area contributed by atoms with Crippen LogP contribution in [0.1, 0.15) is 29.8 Å². The van der Waals surface area contributed by atoms with Crippen LogP contribution in [0.3, 0.4) is 0 Å². The summed E-state index contributed by atoms with van der Waals surface area (Å²) < 4.78 is 5.58. The van der Waals surface area contributed by atoms with Gasteiger partial charge in [-0.3, -0.25) is 14.9 Å². The molecule has 2 aromatic carbocycles. The predicted molar refractivity (Wildman–Crippen MR) is 92.6 cm³/mol. The molecular weight excluding hydrogens is 308 g/mol. The largest absolute Gasteiger partial charge is 0.493 e. The van der Waals surface area contributed by atoms with Gasteiger partial charge in [-0.1, -0.05) is 13.8 Å². The van der Waals surface area contributed by atoms with Crippen molar-refractivity contribution in [2.75, 3.05) is 11.9 Å². The molecule has 2 rings (SSSR count). The highest BCUT2D eigenvalue weighted by Crippen LogP contribution is 2.22. The van der Waals surface area contributed by atoms with E-state index in [1.807, 2.05) is 0 Å². The number of hydrogen-bond donors (Lipinski definition) is 1. The van der Waals surface area contributed by atoms with E-state index in [9.17, 15) is 14.9 Å². The number of carbonyl (C=O) groups is 1. The van der Waals surface area contributed by atoms with E-state index in [0.29, 0.717) is 35.1 Å². The molecule has 0 aromatic heterocycles. The molecule has 0 aliphatic heterocycles. The van der Waals surface area contributed by atoms with Crippen LogP contribution in [0, 0.1) is 23.0 Å². The first kappa shape index (κ1) is 17.5. The fourth-order valence-electron chi connectivity index (χ4n) is 2.06. The molecule has 0 bridgehead atoms. The van der Waals surface area contributed by atoms with Crippen LogP contribution in [0.25, 0.3) is 0 Å². The lowest BCUT2D eigenvalue weighted by atomic mass is 10.1. The molecule has 0 fully saturated rings. The SMILES string of the molecule is Cc1cc([N+](=O)[O-])ccc1NC(=O)c1ccc(OCC(C)C)cc1. The van der Waals surface area contributed by atoms with E-state index in [0.717, 1.165) is 0 Å². The number of nitrogens with one attached hydrogen (secondary N) is 1. The van der Waals surface area contributed by atoms with Crippen molar-refractivity contribution in [3.8, 4) is 5.75 Å². The zero-order valence-electron chi connectivity index (χ0n) is 13.9. The molecule has 0 spiro atoms. The maximum Gasteiger partial charge on any atom is 0.269 e. The monoisotopic (exact) mass is 328 g/mol. The summed E-state index contributed by atoms with van der Waals surface area (Å²) in [5.74, 6) is 0.868. The van der Waals surface area contributed by atoms with Crippen molar-refractivity contribution >= 4 is 17.3 Å². The van der Waals surface area contributed by atoms with Crippen LogP contribution in [0.5, 0.6) is 5.75 Å². The Bertz CT molecular complexity index is 739. The average molecular weight is 328 g/mol. The number of hydrogen-bond acceptors (Lipinski definition) is 4. The van der Waals surface area contributed by atoms with Crippen molar-refractivity contribution in [1.82, 2.24) is 0 Å². The second-order valence-corrected chi connectivity index (χ2v) is 5.94. The summed E-state index contributed by atoms with van der Waals surface area (Å²) in [6.45, 7) is 6.46. The number of anilines is 1. The Balaban J connectivity index is 2.05. The van der Waals surface area contributed by atoms with E-state index in [2.05, 4.69) is 19.2 Å². The summed E-state index contributed by atoms with van der Waals surface area (Å²) >= 11 is 0. The second kappa shape index (κ2) is 7.59. The molecule has 1 amide bonds. The van der Waals surface area contributed by atoms with Gasteiger partial charge in [0.15, 0.2) is 0 Å². The highest BCUT2D eigenvalue weighted by molar-refractivity contribution is 6.04. The van der Waals surface area contributed by atoms with Gasteiger partial charge in [0.2, 0.25) is 0 Å². The van der Waals surface area contributed by atoms with Crippen LogP contribution in [0.2, 0.25) is 0 Å². The van der Waals surface area contributed by atoms with E-state index in [4.69, 9.17) is 4.74 Å². The molecule has 6 heteroatoms. The molecule has 24 heavy (non-hydrogen) atoms. The van der Waals surface area contributed by atoms with Gasteiger partial charge in [-0.05, 0) is 48.7 Å². The standard InChI is InChI=1S/C18H20N2O4/c1-12(2)11-24-16-7-4-14(5-8-16)18(21)19-17-9-6-15(20(22)23)10-13(17)3/h4-10,12H,11H2,1-3H3,(H,19,21). The van der Waals surface area contributed by atoms with Crippen LogP contribution in [-0.4, -0.2) is 17.4 Å². The maximum absolute atomic E-state index is 12.3. The van der Waals surface area contributed by atoms with E-state index in [1.165, 1.54) is 18.2 Å². The zero-order valence-corrected chi connectivity index (χ0v) is 13.9. The molecule has 0 unspecified atom stereocenters. The lowest BCUT2D eigenvalue weighted by molar-refractivity contribution is -0.384. The van der Waals surface area contributed by atoms with E-state index in [1.54, 1.807) is 31.2 Å². The van der Waals surface area contributed by atoms with Gasteiger partial charge in [0, 0.05) is 23.4 Å². The fourth-order valence-corrected chi connectivity index (χ4v) is 2.06. The average Bonchev–Trinajstić information content (AvgIpc) is 2.55. The third-order valence-corrected chi connectivity index (χ3v) is 3.37. The van der Waals surface area contributed by atoms with Crippen molar-refractivity contribution in [2.45, 2.75) is 20.8 Å². The predicted octanol–water partition coefficient (Wildman–Crippen LogP) is 4.19. The van der Waals surface area contributed by atoms with Crippen molar-refractivity contribution in [1.29, 1.82) is 0 Å². The molecule has 0 aliphatic rings. The lowest BCUT2D eigenvalue weighted by Crippen LogP contribution is -2.13. The molecule has 2 aromatic rings. The molecule has 0 aliphatic carbocycles. The van der Waals surface area contributed by atoms with E-state index >= 15 is 0 Å². The number of nitro benzene ring substituents is 1. The smallest absolute Gasteiger partial charge is 0.269 e. The number of nitrogens with zero attached hydrogens (tertiary/aromatic N) is 1. The number of benzene rings is 2. The minimum atomic E-state index is -0.464. The Kier molecular flexibility index (Phi) is 5.52. The van der Waals surface area contributed by atoms with Crippen molar-refractivity contribution in [3.05, 3.63) is 63.7 Å². The van der Waals surface area contributed by atoms with Crippen LogP contribution in [0.4, 0.5) is 11.4 Å². The van der Waals surface area contributed by atoms with E-state index < -0.39 is 4.92 Å². The Morgan fingerprint density at radius 2 is 1.88 bits per heavy atom. The number of carbonyl (C=O) groups excluding carboxylic acids is 1. The first-order valence-electron chi connectivity index (χ1n) is 7.66. The molecule has 0 saturated carbocycles. The lowest BCUT2D eigenvalue weighted by Gasteiger charge is -2.10. The quantitative estimate of drug-likeness (QED) is 0.637. The first-order chi connectivity index (χ1) is 11.4. The van der Waals surface area contributed by atoms with Crippen LogP contribution >= 0.6 is 0 Å². The molecule has 0 saturated heterocycles. The molecule has 0 heterocycles. The molecule has 6 nitrogen and oxygen atoms in total. The number of nitro groups is 1. The van der Waals surface area contributed by atoms with Gasteiger partial charge in [-0.2, -0.15) is 0 Å². The molecular formula is C18H20N2O4. The Labute approximate surface area is 140 Å². The van der Waals surface area contributed by atoms with Gasteiger partial charge < -0.3 is 10.1 Å². The van der Waals surface area contributed by atoms with Gasteiger partial charge in [0.1, 0.15) is 5.75 Å². The highest BCUT2D eigenvalue weighted by atomic mass is 16.6. The zero-order chi connectivity index (χ0) is 17.7. The third-order valence-electron chi connectivity index (χ3n) is 3.37. The number of non-ortho nitro benzene ring substituents is 1. The van der Waals surface area contributed by atoms with Gasteiger partial charge in [-0.25, -0.2) is 0 Å². The van der Waals surface area contributed by atoms with Crippen LogP contribution in [-0.2, 0) is 0 Å². The van der Waals surface area contributed by atoms with Gasteiger partial charge in [-0.15, -0.1) is 0 Å². The van der Waals surface area contributed by atoms with Gasteiger partial charge in [0.25, 0.3) is 11.6 Å². The molecule has 0 radical (unpaired) electrons. The Hall–Kier alpha value is -2.89. The van der Waals surface area contributed by atoms with Crippen LogP contribution in [0.15, 0.2) is 42.5 Å². The summed E-state index contributed by atoms with van der Waals surface area (Å²) in [5, 5.41) is 13.5. The maximum atomic E-state index is 12.3. The van der Waals surface area contributed by atoms with E-state index in [-0.39, 0.29) is 11.6 Å². The number of rotatable bonds is 6. The van der Waals surface area contributed by atoms with Crippen LogP contribution < -0.4 is 10.1 Å². The summed E-state index contributed by atoms with van der Waals surface area (Å²) in [4.78, 5) is 22.6. The summed E-state index contributed by atoms with van der Waals surface area (Å²) in [5.41, 5.74) is 1.67. The van der Waals surface area contributed by atoms with Gasteiger partial charge in [0.05, 0.1) is 11.5 Å². The topological polar surface area (TPSA) is 81.5 Å². The summed E-state index contributed by atoms with van der Waals surface area (Å²) in [6, 6.07) is 11.2. The highest BCUT2D eigenvalue weighted by Gasteiger charge is 2.11. The number of aryl methyl sites for hydroxylation is 1. The normalized spacial score (nSPS) is 10.5. The van der Waals surface area contributed by atoms with Crippen molar-refractivity contribution in [3.63, 3.8) is 0 Å². The third kappa shape index (κ3) is 4.55. The minimum Gasteiger partial charge on any atom is -0.493 e. The molecule has 0 atom stereocenters. The Morgan fingerprint density at radius 3 is 2.42 bits per heavy atom. The second-order valence-electron chi connectivity index (χ2n) is 5.94. The number of amides is 1. The van der Waals surface area contributed by atoms with Crippen molar-refractivity contribution < 1.29 is 14.5 Å². The number of ether oxygens (including phenoxy) is 1. The van der Waals surface area contributed by atoms with Crippen molar-refractivity contribution in [2.24, 2.45) is 5.92 Å². The molecule has 126 valence electrons. The molecule has 1 N–H and O–H groups in total. The van der Waals surface area contributed by atoms with Gasteiger partial charge >= 0.3 is 0 Å². The minimum absolute atomic E-state index is 0.00264. The summed E-state index contributed by atoms with van der Waals surface area (Å²) in [6.07, 6.45) is 0. The summed E-state index contributed by atoms with van der Waals surface area (Å²) in [7, 11) is 0. The first-order valence-corrected chi connectivity index (χ1v) is 7.66. The Morgan fingerprint density at radius 1 is 1.21 bits per heavy atom. The fraction of sp³-hybridized carbons (Fsp3) is 0.278.